The summed E-state index contributed by atoms with van der Waals surface area (Å²) in [4.78, 5) is 0. The predicted octanol–water partition coefficient (Wildman–Crippen LogP) is 3.90. The Morgan fingerprint density at radius 1 is 1.07 bits per heavy atom. The quantitative estimate of drug-likeness (QED) is 0.690. The van der Waals surface area contributed by atoms with Crippen LogP contribution in [0.25, 0.3) is 17.4 Å². The van der Waals surface area contributed by atoms with Crippen molar-refractivity contribution in [3.8, 4) is 11.3 Å². The van der Waals surface area contributed by atoms with Crippen molar-refractivity contribution in [3.63, 3.8) is 0 Å². The summed E-state index contributed by atoms with van der Waals surface area (Å²) in [6, 6.07) is 12.1. The van der Waals surface area contributed by atoms with Crippen molar-refractivity contribution < 1.29 is 4.42 Å². The Balaban J connectivity index is 2.38. The molecule has 0 atom stereocenters. The van der Waals surface area contributed by atoms with Gasteiger partial charge in [-0.15, -0.1) is 0 Å². The molecule has 2 aromatic rings. The van der Waals surface area contributed by atoms with E-state index < -0.39 is 0 Å². The molecule has 0 aliphatic rings. The van der Waals surface area contributed by atoms with Crippen molar-refractivity contribution in [3.05, 3.63) is 54.3 Å². The monoisotopic (exact) mass is 184 g/mol. The van der Waals surface area contributed by atoms with Gasteiger partial charge in [0.05, 0.1) is 0 Å². The van der Waals surface area contributed by atoms with Gasteiger partial charge in [-0.3, -0.25) is 0 Å². The van der Waals surface area contributed by atoms with Crippen LogP contribution in [-0.4, -0.2) is 0 Å². The summed E-state index contributed by atoms with van der Waals surface area (Å²) < 4.78 is 5.52. The van der Waals surface area contributed by atoms with Crippen molar-refractivity contribution in [1.82, 2.24) is 0 Å². The Morgan fingerprint density at radius 2 is 1.79 bits per heavy atom. The van der Waals surface area contributed by atoms with Crippen LogP contribution in [0.2, 0.25) is 0 Å². The highest BCUT2D eigenvalue weighted by molar-refractivity contribution is 5.60. The summed E-state index contributed by atoms with van der Waals surface area (Å²) in [5.74, 6) is 1.85. The minimum absolute atomic E-state index is 0.915. The van der Waals surface area contributed by atoms with E-state index in [4.69, 9.17) is 4.42 Å². The fourth-order valence-corrected chi connectivity index (χ4v) is 1.37. The summed E-state index contributed by atoms with van der Waals surface area (Å²) in [6.45, 7) is 5.66. The second-order valence-electron chi connectivity index (χ2n) is 3.24. The number of aryl methyl sites for hydroxylation is 1. The van der Waals surface area contributed by atoms with E-state index in [-0.39, 0.29) is 0 Å². The largest absolute Gasteiger partial charge is 0.461 e. The number of hydrogen-bond acceptors (Lipinski definition) is 1. The molecule has 1 nitrogen and oxygen atoms in total. The van der Waals surface area contributed by atoms with Gasteiger partial charge in [-0.1, -0.05) is 36.9 Å². The lowest BCUT2D eigenvalue weighted by molar-refractivity contribution is 0.548. The molecule has 0 aliphatic heterocycles. The standard InChI is InChI=1S/C13H12O/c1-3-11-5-7-12(8-6-11)13-9-4-10(2)14-13/h3-9H,1H2,2H3. The molecule has 0 radical (unpaired) electrons. The van der Waals surface area contributed by atoms with E-state index in [1.54, 1.807) is 0 Å². The smallest absolute Gasteiger partial charge is 0.134 e. The summed E-state index contributed by atoms with van der Waals surface area (Å²) in [7, 11) is 0. The van der Waals surface area contributed by atoms with Crippen LogP contribution in [0.4, 0.5) is 0 Å². The normalized spacial score (nSPS) is 10.1. The van der Waals surface area contributed by atoms with Crippen LogP contribution >= 0.6 is 0 Å². The molecular weight excluding hydrogens is 172 g/mol. The van der Waals surface area contributed by atoms with Gasteiger partial charge >= 0.3 is 0 Å². The Hall–Kier alpha value is -1.76. The lowest BCUT2D eigenvalue weighted by Gasteiger charge is -1.97. The maximum atomic E-state index is 5.52. The first kappa shape index (κ1) is 8.82. The van der Waals surface area contributed by atoms with Crippen molar-refractivity contribution in [2.45, 2.75) is 6.92 Å². The van der Waals surface area contributed by atoms with Crippen LogP contribution in [0.3, 0.4) is 0 Å². The lowest BCUT2D eigenvalue weighted by Crippen LogP contribution is -1.74. The van der Waals surface area contributed by atoms with Gasteiger partial charge in [0.15, 0.2) is 0 Å². The fraction of sp³-hybridized carbons (Fsp3) is 0.0769. The number of rotatable bonds is 2. The summed E-state index contributed by atoms with van der Waals surface area (Å²) in [6.07, 6.45) is 1.83. The average Bonchev–Trinajstić information content (AvgIpc) is 2.65. The van der Waals surface area contributed by atoms with E-state index in [1.807, 2.05) is 49.4 Å². The van der Waals surface area contributed by atoms with E-state index in [9.17, 15) is 0 Å². The summed E-state index contributed by atoms with van der Waals surface area (Å²) in [5, 5.41) is 0. The SMILES string of the molecule is C=Cc1ccc(-c2ccc(C)o2)cc1. The lowest BCUT2D eigenvalue weighted by atomic mass is 10.1. The Labute approximate surface area is 83.7 Å². The minimum atomic E-state index is 0.915. The Bertz CT molecular complexity index is 435. The molecule has 1 aromatic carbocycles. The molecule has 0 saturated heterocycles. The van der Waals surface area contributed by atoms with Gasteiger partial charge in [-0.25, -0.2) is 0 Å². The highest BCUT2D eigenvalue weighted by Gasteiger charge is 2.00. The van der Waals surface area contributed by atoms with Crippen LogP contribution < -0.4 is 0 Å². The van der Waals surface area contributed by atoms with Gasteiger partial charge in [-0.05, 0) is 24.6 Å². The molecule has 0 unspecified atom stereocenters. The third-order valence-electron chi connectivity index (χ3n) is 2.17. The van der Waals surface area contributed by atoms with Gasteiger partial charge in [0.2, 0.25) is 0 Å². The maximum absolute atomic E-state index is 5.52. The van der Waals surface area contributed by atoms with Gasteiger partial charge in [0.25, 0.3) is 0 Å². The van der Waals surface area contributed by atoms with Crippen LogP contribution in [0.1, 0.15) is 11.3 Å². The molecule has 0 fully saturated rings. The first-order chi connectivity index (χ1) is 6.79. The molecular formula is C13H12O. The average molecular weight is 184 g/mol. The molecule has 0 spiro atoms. The van der Waals surface area contributed by atoms with Crippen molar-refractivity contribution in [2.75, 3.05) is 0 Å². The Morgan fingerprint density at radius 3 is 2.29 bits per heavy atom. The second kappa shape index (κ2) is 3.54. The van der Waals surface area contributed by atoms with Crippen LogP contribution in [-0.2, 0) is 0 Å². The predicted molar refractivity (Wildman–Crippen MR) is 59.0 cm³/mol. The third kappa shape index (κ3) is 1.62. The molecule has 1 heteroatoms. The molecule has 0 aliphatic carbocycles. The topological polar surface area (TPSA) is 13.1 Å². The van der Waals surface area contributed by atoms with Crippen molar-refractivity contribution >= 4 is 6.08 Å². The van der Waals surface area contributed by atoms with Gasteiger partial charge in [0, 0.05) is 5.56 Å². The van der Waals surface area contributed by atoms with Gasteiger partial charge in [0.1, 0.15) is 11.5 Å². The molecule has 0 amide bonds. The fourth-order valence-electron chi connectivity index (χ4n) is 1.37. The number of benzene rings is 1. The summed E-state index contributed by atoms with van der Waals surface area (Å²) >= 11 is 0. The zero-order valence-electron chi connectivity index (χ0n) is 8.16. The number of furan rings is 1. The van der Waals surface area contributed by atoms with Crippen molar-refractivity contribution in [2.24, 2.45) is 0 Å². The second-order valence-corrected chi connectivity index (χ2v) is 3.24. The minimum Gasteiger partial charge on any atom is -0.461 e. The third-order valence-corrected chi connectivity index (χ3v) is 2.17. The van der Waals surface area contributed by atoms with Gasteiger partial charge < -0.3 is 4.42 Å². The van der Waals surface area contributed by atoms with E-state index in [1.165, 1.54) is 0 Å². The molecule has 0 bridgehead atoms. The van der Waals surface area contributed by atoms with E-state index in [0.29, 0.717) is 0 Å². The molecule has 2 rings (SSSR count). The van der Waals surface area contributed by atoms with E-state index in [0.717, 1.165) is 22.6 Å². The van der Waals surface area contributed by atoms with E-state index >= 15 is 0 Å². The Kier molecular flexibility index (Phi) is 2.23. The highest BCUT2D eigenvalue weighted by Crippen LogP contribution is 2.22. The van der Waals surface area contributed by atoms with Gasteiger partial charge in [-0.2, -0.15) is 0 Å². The van der Waals surface area contributed by atoms with Crippen LogP contribution in [0, 0.1) is 6.92 Å². The first-order valence-corrected chi connectivity index (χ1v) is 4.59. The van der Waals surface area contributed by atoms with Crippen LogP contribution in [0.15, 0.2) is 47.4 Å². The first-order valence-electron chi connectivity index (χ1n) is 4.59. The summed E-state index contributed by atoms with van der Waals surface area (Å²) in [5.41, 5.74) is 2.22. The molecule has 70 valence electrons. The maximum Gasteiger partial charge on any atom is 0.134 e. The molecule has 14 heavy (non-hydrogen) atoms. The van der Waals surface area contributed by atoms with Crippen LogP contribution in [0.5, 0.6) is 0 Å². The zero-order valence-corrected chi connectivity index (χ0v) is 8.16. The zero-order chi connectivity index (χ0) is 9.97. The molecule has 0 saturated carbocycles. The molecule has 1 aromatic heterocycles. The highest BCUT2D eigenvalue weighted by atomic mass is 16.3. The number of hydrogen-bond donors (Lipinski definition) is 0. The van der Waals surface area contributed by atoms with Crippen molar-refractivity contribution in [1.29, 1.82) is 0 Å². The molecule has 0 N–H and O–H groups in total. The van der Waals surface area contributed by atoms with E-state index in [2.05, 4.69) is 6.58 Å². The molecule has 1 heterocycles.